The lowest BCUT2D eigenvalue weighted by Gasteiger charge is -2.12. The van der Waals surface area contributed by atoms with Crippen molar-refractivity contribution in [1.29, 1.82) is 0 Å². The van der Waals surface area contributed by atoms with Gasteiger partial charge in [0.15, 0.2) is 0 Å². The lowest BCUT2D eigenvalue weighted by atomic mass is 10.3. The highest BCUT2D eigenvalue weighted by Gasteiger charge is 2.15. The molecule has 2 atom stereocenters. The molecule has 7 heteroatoms. The summed E-state index contributed by atoms with van der Waals surface area (Å²) in [7, 11) is 0.0284. The number of ether oxygens (including phenoxy) is 1. The van der Waals surface area contributed by atoms with Gasteiger partial charge in [-0.15, -0.1) is 0 Å². The summed E-state index contributed by atoms with van der Waals surface area (Å²) in [5.74, 6) is -0.474. The van der Waals surface area contributed by atoms with E-state index in [0.29, 0.717) is 22.2 Å². The van der Waals surface area contributed by atoms with Gasteiger partial charge in [0, 0.05) is 18.8 Å². The summed E-state index contributed by atoms with van der Waals surface area (Å²) in [4.78, 5) is 12.0. The molecule has 0 spiro atoms. The van der Waals surface area contributed by atoms with E-state index in [1.54, 1.807) is 26.2 Å². The standard InChI is InChI=1S/C12H17ClN2O3S/c1-8(6-18-2)15-12(16)7-19(17)11-5-9(14)3-4-10(11)13/h3-5,8H,6-7,14H2,1-2H3,(H,15,16). The van der Waals surface area contributed by atoms with Gasteiger partial charge in [-0.2, -0.15) is 0 Å². The topological polar surface area (TPSA) is 81.4 Å². The maximum Gasteiger partial charge on any atom is 0.233 e. The van der Waals surface area contributed by atoms with Gasteiger partial charge in [-0.05, 0) is 25.1 Å². The van der Waals surface area contributed by atoms with Crippen LogP contribution in [0.15, 0.2) is 23.1 Å². The third-order valence-corrected chi connectivity index (χ3v) is 4.08. The number of carbonyl (C=O) groups is 1. The van der Waals surface area contributed by atoms with Gasteiger partial charge in [-0.25, -0.2) is 0 Å². The fourth-order valence-corrected chi connectivity index (χ4v) is 2.91. The number of hydrogen-bond acceptors (Lipinski definition) is 4. The van der Waals surface area contributed by atoms with Crippen LogP contribution in [0.25, 0.3) is 0 Å². The molecule has 0 aliphatic rings. The van der Waals surface area contributed by atoms with Crippen LogP contribution in [-0.2, 0) is 20.3 Å². The number of hydrogen-bond donors (Lipinski definition) is 2. The number of methoxy groups -OCH3 is 1. The molecule has 0 aliphatic heterocycles. The van der Waals surface area contributed by atoms with Gasteiger partial charge < -0.3 is 15.8 Å². The van der Waals surface area contributed by atoms with Gasteiger partial charge in [0.05, 0.1) is 27.3 Å². The summed E-state index contributed by atoms with van der Waals surface area (Å²) in [5.41, 5.74) is 6.07. The number of anilines is 1. The first-order valence-electron chi connectivity index (χ1n) is 5.65. The van der Waals surface area contributed by atoms with E-state index < -0.39 is 10.8 Å². The molecule has 0 aromatic heterocycles. The number of amides is 1. The molecule has 1 rings (SSSR count). The monoisotopic (exact) mass is 304 g/mol. The molecule has 2 unspecified atom stereocenters. The summed E-state index contributed by atoms with van der Waals surface area (Å²) in [5, 5.41) is 3.02. The van der Waals surface area contributed by atoms with E-state index in [1.807, 2.05) is 0 Å². The summed E-state index contributed by atoms with van der Waals surface area (Å²) in [6.45, 7) is 2.20. The molecular formula is C12H17ClN2O3S. The molecule has 5 nitrogen and oxygen atoms in total. The minimum Gasteiger partial charge on any atom is -0.399 e. The van der Waals surface area contributed by atoms with Crippen LogP contribution in [0.3, 0.4) is 0 Å². The third kappa shape index (κ3) is 5.18. The van der Waals surface area contributed by atoms with Crippen LogP contribution in [0.2, 0.25) is 5.02 Å². The van der Waals surface area contributed by atoms with E-state index >= 15 is 0 Å². The van der Waals surface area contributed by atoms with E-state index in [1.165, 1.54) is 6.07 Å². The first kappa shape index (κ1) is 15.9. The smallest absolute Gasteiger partial charge is 0.233 e. The molecule has 0 radical (unpaired) electrons. The number of nitrogens with one attached hydrogen (secondary N) is 1. The zero-order valence-corrected chi connectivity index (χ0v) is 12.4. The largest absolute Gasteiger partial charge is 0.399 e. The highest BCUT2D eigenvalue weighted by molar-refractivity contribution is 7.85. The van der Waals surface area contributed by atoms with Crippen molar-refractivity contribution in [1.82, 2.24) is 5.32 Å². The first-order chi connectivity index (χ1) is 8.93. The van der Waals surface area contributed by atoms with Crippen LogP contribution in [0.4, 0.5) is 5.69 Å². The van der Waals surface area contributed by atoms with Crippen molar-refractivity contribution in [2.75, 3.05) is 25.2 Å². The van der Waals surface area contributed by atoms with Crippen molar-refractivity contribution in [2.24, 2.45) is 0 Å². The van der Waals surface area contributed by atoms with Crippen molar-refractivity contribution in [3.8, 4) is 0 Å². The number of carbonyl (C=O) groups excluding carboxylic acids is 1. The van der Waals surface area contributed by atoms with Gasteiger partial charge in [0.2, 0.25) is 5.91 Å². The fourth-order valence-electron chi connectivity index (χ4n) is 1.50. The average molecular weight is 305 g/mol. The van der Waals surface area contributed by atoms with Gasteiger partial charge in [-0.3, -0.25) is 9.00 Å². The summed E-state index contributed by atoms with van der Waals surface area (Å²) >= 11 is 5.93. The van der Waals surface area contributed by atoms with Crippen LogP contribution < -0.4 is 11.1 Å². The first-order valence-corrected chi connectivity index (χ1v) is 7.35. The Kier molecular flexibility index (Phi) is 6.27. The van der Waals surface area contributed by atoms with Gasteiger partial charge >= 0.3 is 0 Å². The Morgan fingerprint density at radius 3 is 2.89 bits per heavy atom. The van der Waals surface area contributed by atoms with Crippen molar-refractivity contribution < 1.29 is 13.7 Å². The molecule has 1 aromatic rings. The Balaban J connectivity index is 2.64. The molecule has 0 heterocycles. The van der Waals surface area contributed by atoms with Crippen LogP contribution in [0.1, 0.15) is 6.92 Å². The zero-order chi connectivity index (χ0) is 14.4. The average Bonchev–Trinajstić information content (AvgIpc) is 2.32. The molecule has 0 fully saturated rings. The predicted octanol–water partition coefficient (Wildman–Crippen LogP) is 1.18. The molecule has 0 aliphatic carbocycles. The number of benzene rings is 1. The second kappa shape index (κ2) is 7.47. The molecule has 106 valence electrons. The van der Waals surface area contributed by atoms with Gasteiger partial charge in [0.25, 0.3) is 0 Å². The molecule has 3 N–H and O–H groups in total. The normalized spacial score (nSPS) is 13.8. The summed E-state index contributed by atoms with van der Waals surface area (Å²) < 4.78 is 16.9. The van der Waals surface area contributed by atoms with Crippen molar-refractivity contribution >= 4 is 34.0 Å². The Morgan fingerprint density at radius 1 is 1.58 bits per heavy atom. The Labute approximate surface area is 119 Å². The number of rotatable bonds is 6. The minimum absolute atomic E-state index is 0.134. The van der Waals surface area contributed by atoms with Crippen LogP contribution in [-0.4, -0.2) is 35.6 Å². The van der Waals surface area contributed by atoms with E-state index in [0.717, 1.165) is 0 Å². The van der Waals surface area contributed by atoms with E-state index in [9.17, 15) is 9.00 Å². The molecule has 1 aromatic carbocycles. The zero-order valence-electron chi connectivity index (χ0n) is 10.8. The van der Waals surface area contributed by atoms with Crippen LogP contribution in [0.5, 0.6) is 0 Å². The SMILES string of the molecule is COCC(C)NC(=O)CS(=O)c1cc(N)ccc1Cl. The second-order valence-corrected chi connectivity index (χ2v) is 5.93. The summed E-state index contributed by atoms with van der Waals surface area (Å²) in [6, 6.07) is 4.56. The highest BCUT2D eigenvalue weighted by atomic mass is 35.5. The third-order valence-electron chi connectivity index (χ3n) is 2.29. The maximum absolute atomic E-state index is 12.0. The van der Waals surface area contributed by atoms with Crippen LogP contribution >= 0.6 is 11.6 Å². The lowest BCUT2D eigenvalue weighted by Crippen LogP contribution is -2.38. The van der Waals surface area contributed by atoms with E-state index in [4.69, 9.17) is 22.1 Å². The van der Waals surface area contributed by atoms with Gasteiger partial charge in [0.1, 0.15) is 5.75 Å². The molecule has 1 amide bonds. The molecular weight excluding hydrogens is 288 g/mol. The molecule has 0 saturated heterocycles. The number of halogens is 1. The minimum atomic E-state index is -1.52. The highest BCUT2D eigenvalue weighted by Crippen LogP contribution is 2.22. The Bertz CT molecular complexity index is 482. The molecule has 19 heavy (non-hydrogen) atoms. The summed E-state index contributed by atoms with van der Waals surface area (Å²) in [6.07, 6.45) is 0. The Hall–Kier alpha value is -1.11. The molecule has 0 saturated carbocycles. The molecule has 0 bridgehead atoms. The Morgan fingerprint density at radius 2 is 2.26 bits per heavy atom. The quantitative estimate of drug-likeness (QED) is 0.773. The van der Waals surface area contributed by atoms with E-state index in [2.05, 4.69) is 5.32 Å². The van der Waals surface area contributed by atoms with Crippen molar-refractivity contribution in [3.63, 3.8) is 0 Å². The van der Waals surface area contributed by atoms with E-state index in [-0.39, 0.29) is 17.7 Å². The predicted molar refractivity (Wildman–Crippen MR) is 76.6 cm³/mol. The number of nitrogens with two attached hydrogens (primary N) is 1. The van der Waals surface area contributed by atoms with Crippen LogP contribution in [0, 0.1) is 0 Å². The lowest BCUT2D eigenvalue weighted by molar-refractivity contribution is -0.119. The van der Waals surface area contributed by atoms with Crippen molar-refractivity contribution in [2.45, 2.75) is 17.9 Å². The number of nitrogen functional groups attached to an aromatic ring is 1. The maximum atomic E-state index is 12.0. The second-order valence-electron chi connectivity index (χ2n) is 4.10. The van der Waals surface area contributed by atoms with Gasteiger partial charge in [-0.1, -0.05) is 11.6 Å². The fraction of sp³-hybridized carbons (Fsp3) is 0.417. The van der Waals surface area contributed by atoms with Crippen molar-refractivity contribution in [3.05, 3.63) is 23.2 Å².